The topological polar surface area (TPSA) is 38.9 Å². The van der Waals surface area contributed by atoms with Gasteiger partial charge in [-0.25, -0.2) is 0 Å². The average Bonchev–Trinajstić information content (AvgIpc) is 2.51. The fourth-order valence-electron chi connectivity index (χ4n) is 1.18. The lowest BCUT2D eigenvalue weighted by atomic mass is 10.1. The maximum absolute atomic E-state index is 5.82. The fraction of sp³-hybridized carbons (Fsp3) is 0.111. The summed E-state index contributed by atoms with van der Waals surface area (Å²) in [7, 11) is 0. The number of rotatable bonds is 1. The van der Waals surface area contributed by atoms with Gasteiger partial charge in [0.25, 0.3) is 0 Å². The highest BCUT2D eigenvalue weighted by molar-refractivity contribution is 6.30. The van der Waals surface area contributed by atoms with Crippen LogP contribution in [0.5, 0.6) is 0 Å². The number of aryl methyl sites for hydroxylation is 1. The molecule has 0 bridgehead atoms. The average molecular weight is 229 g/mol. The Bertz CT molecular complexity index is 468. The lowest BCUT2D eigenvalue weighted by Crippen LogP contribution is -1.83. The first kappa shape index (κ1) is 9.49. The quantitative estimate of drug-likeness (QED) is 0.752. The Balaban J connectivity index is 2.52. The van der Waals surface area contributed by atoms with Gasteiger partial charge in [0.05, 0.1) is 0 Å². The van der Waals surface area contributed by atoms with Crippen LogP contribution in [0.25, 0.3) is 11.5 Å². The maximum Gasteiger partial charge on any atom is 0.313 e. The van der Waals surface area contributed by atoms with Crippen LogP contribution in [0.15, 0.2) is 22.6 Å². The molecule has 0 spiro atoms. The van der Waals surface area contributed by atoms with Gasteiger partial charge < -0.3 is 4.42 Å². The van der Waals surface area contributed by atoms with Gasteiger partial charge >= 0.3 is 5.35 Å². The maximum atomic E-state index is 5.82. The molecule has 0 aliphatic rings. The third-order valence-corrected chi connectivity index (χ3v) is 2.21. The van der Waals surface area contributed by atoms with E-state index in [-0.39, 0.29) is 5.35 Å². The largest absolute Gasteiger partial charge is 0.407 e. The molecule has 1 aromatic carbocycles. The predicted molar refractivity (Wildman–Crippen MR) is 54.5 cm³/mol. The molecule has 2 aromatic rings. The molecule has 2 rings (SSSR count). The van der Waals surface area contributed by atoms with Crippen LogP contribution in [0.4, 0.5) is 0 Å². The van der Waals surface area contributed by atoms with E-state index in [1.165, 1.54) is 0 Å². The summed E-state index contributed by atoms with van der Waals surface area (Å²) in [5, 5.41) is 8.07. The SMILES string of the molecule is Cc1cc(Cl)ccc1-c1nnc(Cl)o1. The van der Waals surface area contributed by atoms with Crippen LogP contribution < -0.4 is 0 Å². The first-order chi connectivity index (χ1) is 6.66. The highest BCUT2D eigenvalue weighted by Gasteiger charge is 2.09. The summed E-state index contributed by atoms with van der Waals surface area (Å²) in [4.78, 5) is 0. The van der Waals surface area contributed by atoms with Crippen LogP contribution in [-0.4, -0.2) is 10.2 Å². The summed E-state index contributed by atoms with van der Waals surface area (Å²) >= 11 is 11.3. The Morgan fingerprint density at radius 3 is 2.57 bits per heavy atom. The van der Waals surface area contributed by atoms with Crippen molar-refractivity contribution in [2.24, 2.45) is 0 Å². The molecule has 1 heterocycles. The number of hydrogen-bond donors (Lipinski definition) is 0. The van der Waals surface area contributed by atoms with E-state index in [1.807, 2.05) is 19.1 Å². The van der Waals surface area contributed by atoms with Crippen molar-refractivity contribution in [2.45, 2.75) is 6.92 Å². The Morgan fingerprint density at radius 1 is 1.21 bits per heavy atom. The molecule has 0 saturated carbocycles. The van der Waals surface area contributed by atoms with E-state index in [4.69, 9.17) is 27.6 Å². The molecule has 14 heavy (non-hydrogen) atoms. The van der Waals surface area contributed by atoms with Crippen molar-refractivity contribution in [3.05, 3.63) is 34.1 Å². The Kier molecular flexibility index (Phi) is 2.44. The van der Waals surface area contributed by atoms with E-state index in [9.17, 15) is 0 Å². The number of benzene rings is 1. The molecule has 0 radical (unpaired) electrons. The van der Waals surface area contributed by atoms with Gasteiger partial charge in [0.1, 0.15) is 0 Å². The molecule has 0 unspecified atom stereocenters. The van der Waals surface area contributed by atoms with E-state index in [0.29, 0.717) is 10.9 Å². The van der Waals surface area contributed by atoms with E-state index in [1.54, 1.807) is 6.07 Å². The molecule has 3 nitrogen and oxygen atoms in total. The third-order valence-electron chi connectivity index (χ3n) is 1.82. The summed E-state index contributed by atoms with van der Waals surface area (Å²) in [5.41, 5.74) is 1.81. The zero-order valence-corrected chi connectivity index (χ0v) is 8.80. The Hall–Kier alpha value is -1.06. The van der Waals surface area contributed by atoms with E-state index >= 15 is 0 Å². The standard InChI is InChI=1S/C9H6Cl2N2O/c1-5-4-6(10)2-3-7(5)8-12-13-9(11)14-8/h2-4H,1H3. The second kappa shape index (κ2) is 3.59. The predicted octanol–water partition coefficient (Wildman–Crippen LogP) is 3.35. The van der Waals surface area contributed by atoms with Crippen LogP contribution in [0, 0.1) is 6.92 Å². The van der Waals surface area contributed by atoms with Gasteiger partial charge in [-0.05, 0) is 42.3 Å². The summed E-state index contributed by atoms with van der Waals surface area (Å²) in [6.07, 6.45) is 0. The van der Waals surface area contributed by atoms with Crippen molar-refractivity contribution in [2.75, 3.05) is 0 Å². The van der Waals surface area contributed by atoms with Gasteiger partial charge in [-0.2, -0.15) is 0 Å². The van der Waals surface area contributed by atoms with Crippen molar-refractivity contribution in [1.29, 1.82) is 0 Å². The Labute approximate surface area is 90.7 Å². The highest BCUT2D eigenvalue weighted by Crippen LogP contribution is 2.25. The molecule has 0 atom stereocenters. The second-order valence-corrected chi connectivity index (χ2v) is 3.58. The molecule has 0 aliphatic carbocycles. The minimum absolute atomic E-state index is 0.0364. The van der Waals surface area contributed by atoms with Gasteiger partial charge in [0.2, 0.25) is 5.89 Å². The second-order valence-electron chi connectivity index (χ2n) is 2.82. The Morgan fingerprint density at radius 2 is 2.00 bits per heavy atom. The van der Waals surface area contributed by atoms with Crippen LogP contribution in [0.3, 0.4) is 0 Å². The van der Waals surface area contributed by atoms with E-state index < -0.39 is 0 Å². The van der Waals surface area contributed by atoms with Crippen LogP contribution in [-0.2, 0) is 0 Å². The van der Waals surface area contributed by atoms with Crippen LogP contribution in [0.2, 0.25) is 10.4 Å². The van der Waals surface area contributed by atoms with Crippen molar-refractivity contribution >= 4 is 23.2 Å². The molecule has 0 saturated heterocycles. The van der Waals surface area contributed by atoms with Gasteiger partial charge in [0.15, 0.2) is 0 Å². The zero-order valence-electron chi connectivity index (χ0n) is 7.29. The van der Waals surface area contributed by atoms with Crippen molar-refractivity contribution < 1.29 is 4.42 Å². The minimum Gasteiger partial charge on any atom is -0.407 e. The molecule has 5 heteroatoms. The molecule has 72 valence electrons. The van der Waals surface area contributed by atoms with Crippen molar-refractivity contribution in [3.8, 4) is 11.5 Å². The van der Waals surface area contributed by atoms with Gasteiger partial charge in [-0.3, -0.25) is 0 Å². The first-order valence-electron chi connectivity index (χ1n) is 3.92. The van der Waals surface area contributed by atoms with E-state index in [0.717, 1.165) is 11.1 Å². The molecule has 1 aromatic heterocycles. The van der Waals surface area contributed by atoms with Crippen LogP contribution >= 0.6 is 23.2 Å². The normalized spacial score (nSPS) is 10.5. The van der Waals surface area contributed by atoms with Crippen molar-refractivity contribution in [1.82, 2.24) is 10.2 Å². The molecular formula is C9H6Cl2N2O. The lowest BCUT2D eigenvalue weighted by molar-refractivity contribution is 0.570. The monoisotopic (exact) mass is 228 g/mol. The number of hydrogen-bond acceptors (Lipinski definition) is 3. The lowest BCUT2D eigenvalue weighted by Gasteiger charge is -2.00. The smallest absolute Gasteiger partial charge is 0.313 e. The van der Waals surface area contributed by atoms with Crippen LogP contribution in [0.1, 0.15) is 5.56 Å². The first-order valence-corrected chi connectivity index (χ1v) is 4.68. The number of nitrogens with zero attached hydrogens (tertiary/aromatic N) is 2. The van der Waals surface area contributed by atoms with Gasteiger partial charge in [0, 0.05) is 10.6 Å². The van der Waals surface area contributed by atoms with Gasteiger partial charge in [-0.1, -0.05) is 16.7 Å². The molecule has 0 fully saturated rings. The fourth-order valence-corrected chi connectivity index (χ4v) is 1.52. The third kappa shape index (κ3) is 1.74. The zero-order chi connectivity index (χ0) is 10.1. The molecule has 0 N–H and O–H groups in total. The summed E-state index contributed by atoms with van der Waals surface area (Å²) in [5.74, 6) is 0.407. The summed E-state index contributed by atoms with van der Waals surface area (Å²) in [6, 6.07) is 5.42. The van der Waals surface area contributed by atoms with Gasteiger partial charge in [-0.15, -0.1) is 5.10 Å². The molecular weight excluding hydrogens is 223 g/mol. The summed E-state index contributed by atoms with van der Waals surface area (Å²) in [6.45, 7) is 1.92. The summed E-state index contributed by atoms with van der Waals surface area (Å²) < 4.78 is 5.09. The highest BCUT2D eigenvalue weighted by atomic mass is 35.5. The molecule has 0 amide bonds. The number of aromatic nitrogens is 2. The minimum atomic E-state index is 0.0364. The van der Waals surface area contributed by atoms with E-state index in [2.05, 4.69) is 10.2 Å². The van der Waals surface area contributed by atoms with Crippen molar-refractivity contribution in [3.63, 3.8) is 0 Å². The number of halogens is 2. The molecule has 0 aliphatic heterocycles.